The molecule has 0 saturated carbocycles. The number of pyridine rings is 1. The van der Waals surface area contributed by atoms with Crippen molar-refractivity contribution in [3.05, 3.63) is 65.7 Å². The third kappa shape index (κ3) is 2.64. The number of aliphatic hydroxyl groups is 1. The molecule has 1 N–H and O–H groups in total. The quantitative estimate of drug-likeness (QED) is 0.856. The van der Waals surface area contributed by atoms with Crippen molar-refractivity contribution >= 4 is 0 Å². The second-order valence-electron chi connectivity index (χ2n) is 3.63. The van der Waals surface area contributed by atoms with Gasteiger partial charge < -0.3 is 5.11 Å². The Balaban J connectivity index is 2.09. The van der Waals surface area contributed by atoms with E-state index in [9.17, 15) is 9.50 Å². The number of hydrogen-bond acceptors (Lipinski definition) is 2. The van der Waals surface area contributed by atoms with Crippen LogP contribution >= 0.6 is 0 Å². The molecule has 1 heterocycles. The van der Waals surface area contributed by atoms with Crippen LogP contribution in [0, 0.1) is 5.82 Å². The number of rotatable bonds is 3. The van der Waals surface area contributed by atoms with E-state index < -0.39 is 6.10 Å². The molecule has 0 fully saturated rings. The van der Waals surface area contributed by atoms with E-state index in [2.05, 4.69) is 4.98 Å². The van der Waals surface area contributed by atoms with Crippen molar-refractivity contribution in [3.63, 3.8) is 0 Å². The van der Waals surface area contributed by atoms with Crippen LogP contribution in [0.15, 0.2) is 48.8 Å². The molecule has 2 rings (SSSR count). The van der Waals surface area contributed by atoms with E-state index >= 15 is 0 Å². The van der Waals surface area contributed by atoms with Crippen molar-refractivity contribution in [2.75, 3.05) is 0 Å². The Hall–Kier alpha value is -1.74. The Bertz CT molecular complexity index is 441. The van der Waals surface area contributed by atoms with Crippen LogP contribution in [0.25, 0.3) is 0 Å². The van der Waals surface area contributed by atoms with Gasteiger partial charge in [0, 0.05) is 18.8 Å². The van der Waals surface area contributed by atoms with E-state index in [0.717, 1.165) is 11.1 Å². The molecule has 1 atom stereocenters. The summed E-state index contributed by atoms with van der Waals surface area (Å²) in [5, 5.41) is 9.92. The van der Waals surface area contributed by atoms with Gasteiger partial charge in [-0.25, -0.2) is 4.39 Å². The Morgan fingerprint density at radius 3 is 2.31 bits per heavy atom. The Morgan fingerprint density at radius 2 is 1.69 bits per heavy atom. The molecule has 2 aromatic rings. The summed E-state index contributed by atoms with van der Waals surface area (Å²) in [4.78, 5) is 3.91. The van der Waals surface area contributed by atoms with Crippen molar-refractivity contribution in [3.8, 4) is 0 Å². The van der Waals surface area contributed by atoms with Crippen LogP contribution in [0.4, 0.5) is 4.39 Å². The van der Waals surface area contributed by atoms with Gasteiger partial charge in [-0.05, 0) is 35.4 Å². The minimum atomic E-state index is -0.608. The molecular weight excluding hydrogens is 205 g/mol. The van der Waals surface area contributed by atoms with Gasteiger partial charge in [0.25, 0.3) is 0 Å². The molecule has 3 heteroatoms. The van der Waals surface area contributed by atoms with Gasteiger partial charge in [-0.2, -0.15) is 0 Å². The third-order valence-corrected chi connectivity index (χ3v) is 2.43. The lowest BCUT2D eigenvalue weighted by Gasteiger charge is -2.10. The molecule has 0 saturated heterocycles. The first kappa shape index (κ1) is 10.8. The lowest BCUT2D eigenvalue weighted by Crippen LogP contribution is -2.01. The van der Waals surface area contributed by atoms with Gasteiger partial charge in [0.1, 0.15) is 5.82 Å². The standard InChI is InChI=1S/C13H12FNO/c14-12-3-1-11(2-4-12)13(16)9-10-5-7-15-8-6-10/h1-8,13,16H,9H2. The number of nitrogens with zero attached hydrogens (tertiary/aromatic N) is 1. The first-order valence-electron chi connectivity index (χ1n) is 5.08. The summed E-state index contributed by atoms with van der Waals surface area (Å²) in [5.41, 5.74) is 1.73. The summed E-state index contributed by atoms with van der Waals surface area (Å²) in [6, 6.07) is 9.61. The molecule has 0 spiro atoms. The molecule has 0 aliphatic rings. The SMILES string of the molecule is OC(Cc1ccncc1)c1ccc(F)cc1. The number of aliphatic hydroxyl groups excluding tert-OH is 1. The van der Waals surface area contributed by atoms with Gasteiger partial charge in [-0.15, -0.1) is 0 Å². The summed E-state index contributed by atoms with van der Waals surface area (Å²) in [6.07, 6.45) is 3.27. The van der Waals surface area contributed by atoms with Gasteiger partial charge in [0.15, 0.2) is 0 Å². The Labute approximate surface area is 93.4 Å². The molecule has 2 nitrogen and oxygen atoms in total. The predicted molar refractivity (Wildman–Crippen MR) is 59.3 cm³/mol. The lowest BCUT2D eigenvalue weighted by molar-refractivity contribution is 0.178. The maximum atomic E-state index is 12.7. The predicted octanol–water partition coefficient (Wildman–Crippen LogP) is 2.50. The van der Waals surface area contributed by atoms with Gasteiger partial charge >= 0.3 is 0 Å². The highest BCUT2D eigenvalue weighted by Crippen LogP contribution is 2.17. The maximum absolute atomic E-state index is 12.7. The monoisotopic (exact) mass is 217 g/mol. The van der Waals surface area contributed by atoms with Crippen LogP contribution < -0.4 is 0 Å². The third-order valence-electron chi connectivity index (χ3n) is 2.43. The van der Waals surface area contributed by atoms with E-state index in [-0.39, 0.29) is 5.82 Å². The second-order valence-corrected chi connectivity index (χ2v) is 3.63. The summed E-state index contributed by atoms with van der Waals surface area (Å²) in [6.45, 7) is 0. The number of aromatic nitrogens is 1. The van der Waals surface area contributed by atoms with Crippen molar-refractivity contribution in [2.24, 2.45) is 0 Å². The van der Waals surface area contributed by atoms with Crippen LogP contribution in [0.5, 0.6) is 0 Å². The summed E-state index contributed by atoms with van der Waals surface area (Å²) >= 11 is 0. The highest BCUT2D eigenvalue weighted by atomic mass is 19.1. The van der Waals surface area contributed by atoms with Crippen LogP contribution in [0.2, 0.25) is 0 Å². The molecule has 82 valence electrons. The molecule has 1 unspecified atom stereocenters. The zero-order chi connectivity index (χ0) is 11.4. The largest absolute Gasteiger partial charge is 0.388 e. The Kier molecular flexibility index (Phi) is 3.27. The summed E-state index contributed by atoms with van der Waals surface area (Å²) < 4.78 is 12.7. The molecule has 0 aliphatic carbocycles. The topological polar surface area (TPSA) is 33.1 Å². The zero-order valence-corrected chi connectivity index (χ0v) is 8.68. The molecule has 0 radical (unpaired) electrons. The highest BCUT2D eigenvalue weighted by Gasteiger charge is 2.08. The van der Waals surface area contributed by atoms with Gasteiger partial charge in [0.05, 0.1) is 6.10 Å². The van der Waals surface area contributed by atoms with E-state index in [1.54, 1.807) is 24.5 Å². The molecule has 0 bridgehead atoms. The van der Waals surface area contributed by atoms with Gasteiger partial charge in [0.2, 0.25) is 0 Å². The normalized spacial score (nSPS) is 12.4. The molecule has 1 aromatic heterocycles. The van der Waals surface area contributed by atoms with E-state index in [4.69, 9.17) is 0 Å². The number of benzene rings is 1. The van der Waals surface area contributed by atoms with Crippen molar-refractivity contribution in [1.29, 1.82) is 0 Å². The van der Waals surface area contributed by atoms with Crippen molar-refractivity contribution in [2.45, 2.75) is 12.5 Å². The van der Waals surface area contributed by atoms with Crippen LogP contribution in [-0.4, -0.2) is 10.1 Å². The van der Waals surface area contributed by atoms with Gasteiger partial charge in [-0.1, -0.05) is 12.1 Å². The number of hydrogen-bond donors (Lipinski definition) is 1. The first-order valence-corrected chi connectivity index (χ1v) is 5.08. The minimum Gasteiger partial charge on any atom is -0.388 e. The molecule has 0 amide bonds. The van der Waals surface area contributed by atoms with Crippen LogP contribution in [-0.2, 0) is 6.42 Å². The zero-order valence-electron chi connectivity index (χ0n) is 8.68. The number of halogens is 1. The fraction of sp³-hybridized carbons (Fsp3) is 0.154. The van der Waals surface area contributed by atoms with Crippen molar-refractivity contribution < 1.29 is 9.50 Å². The fourth-order valence-corrected chi connectivity index (χ4v) is 1.54. The molecule has 1 aromatic carbocycles. The van der Waals surface area contributed by atoms with E-state index in [1.807, 2.05) is 12.1 Å². The molecular formula is C13H12FNO. The van der Waals surface area contributed by atoms with E-state index in [1.165, 1.54) is 12.1 Å². The smallest absolute Gasteiger partial charge is 0.123 e. The molecule has 0 aliphatic heterocycles. The average molecular weight is 217 g/mol. The van der Waals surface area contributed by atoms with Crippen molar-refractivity contribution in [1.82, 2.24) is 4.98 Å². The second kappa shape index (κ2) is 4.86. The highest BCUT2D eigenvalue weighted by molar-refractivity contribution is 5.21. The van der Waals surface area contributed by atoms with Crippen LogP contribution in [0.1, 0.15) is 17.2 Å². The van der Waals surface area contributed by atoms with E-state index in [0.29, 0.717) is 6.42 Å². The van der Waals surface area contributed by atoms with Gasteiger partial charge in [-0.3, -0.25) is 4.98 Å². The first-order chi connectivity index (χ1) is 7.75. The summed E-state index contributed by atoms with van der Waals surface area (Å²) in [5.74, 6) is -0.292. The maximum Gasteiger partial charge on any atom is 0.123 e. The Morgan fingerprint density at radius 1 is 1.06 bits per heavy atom. The summed E-state index contributed by atoms with van der Waals surface area (Å²) in [7, 11) is 0. The average Bonchev–Trinajstić information content (AvgIpc) is 2.31. The minimum absolute atomic E-state index is 0.292. The fourth-order valence-electron chi connectivity index (χ4n) is 1.54. The lowest BCUT2D eigenvalue weighted by atomic mass is 10.0. The molecule has 16 heavy (non-hydrogen) atoms. The van der Waals surface area contributed by atoms with Crippen LogP contribution in [0.3, 0.4) is 0 Å².